The fourth-order valence-corrected chi connectivity index (χ4v) is 2.38. The number of likely N-dealkylation sites (N-methyl/N-ethyl adjacent to an activating group) is 1. The Morgan fingerprint density at radius 2 is 2.17 bits per heavy atom. The van der Waals surface area contributed by atoms with Gasteiger partial charge in [-0.15, -0.1) is 0 Å². The van der Waals surface area contributed by atoms with Crippen molar-refractivity contribution in [1.29, 1.82) is 0 Å². The summed E-state index contributed by atoms with van der Waals surface area (Å²) in [6.07, 6.45) is 6.15. The smallest absolute Gasteiger partial charge is 0.143 e. The standard InChI is InChI=1S/C14H21N3O/c1-4-17(10(2)3)6-5-11-7-16-12-8-15-9-13(18)14(11)12/h7-10,16,18H,4-6H2,1-3H3. The van der Waals surface area contributed by atoms with Gasteiger partial charge in [-0.1, -0.05) is 6.92 Å². The topological polar surface area (TPSA) is 52.2 Å². The van der Waals surface area contributed by atoms with Crippen LogP contribution >= 0.6 is 0 Å². The van der Waals surface area contributed by atoms with Crippen LogP contribution in [-0.2, 0) is 6.42 Å². The summed E-state index contributed by atoms with van der Waals surface area (Å²) < 4.78 is 0. The van der Waals surface area contributed by atoms with Crippen molar-refractivity contribution in [2.45, 2.75) is 33.2 Å². The Bertz CT molecular complexity index is 519. The van der Waals surface area contributed by atoms with Crippen LogP contribution < -0.4 is 0 Å². The maximum atomic E-state index is 9.88. The maximum absolute atomic E-state index is 9.88. The Kier molecular flexibility index (Phi) is 3.87. The number of rotatable bonds is 5. The van der Waals surface area contributed by atoms with Crippen LogP contribution in [0.2, 0.25) is 0 Å². The SMILES string of the molecule is CCN(CCc1c[nH]c2cncc(O)c12)C(C)C. The first-order valence-corrected chi connectivity index (χ1v) is 6.50. The molecule has 0 radical (unpaired) electrons. The molecule has 0 fully saturated rings. The second-order valence-electron chi connectivity index (χ2n) is 4.87. The number of H-pyrrole nitrogens is 1. The van der Waals surface area contributed by atoms with Crippen molar-refractivity contribution in [2.24, 2.45) is 0 Å². The molecule has 0 spiro atoms. The second-order valence-corrected chi connectivity index (χ2v) is 4.87. The largest absolute Gasteiger partial charge is 0.506 e. The molecule has 0 aliphatic heterocycles. The van der Waals surface area contributed by atoms with Crippen molar-refractivity contribution in [1.82, 2.24) is 14.9 Å². The van der Waals surface area contributed by atoms with Gasteiger partial charge in [0.05, 0.1) is 17.9 Å². The van der Waals surface area contributed by atoms with Crippen molar-refractivity contribution >= 4 is 10.9 Å². The van der Waals surface area contributed by atoms with Crippen molar-refractivity contribution in [3.63, 3.8) is 0 Å². The predicted octanol–water partition coefficient (Wildman–Crippen LogP) is 2.54. The van der Waals surface area contributed by atoms with E-state index in [4.69, 9.17) is 0 Å². The molecule has 0 saturated heterocycles. The van der Waals surface area contributed by atoms with Gasteiger partial charge < -0.3 is 15.0 Å². The molecule has 4 heteroatoms. The number of aromatic hydroxyl groups is 1. The molecule has 2 N–H and O–H groups in total. The summed E-state index contributed by atoms with van der Waals surface area (Å²) in [5, 5.41) is 10.8. The highest BCUT2D eigenvalue weighted by atomic mass is 16.3. The van der Waals surface area contributed by atoms with Crippen LogP contribution in [0.1, 0.15) is 26.3 Å². The normalized spacial score (nSPS) is 11.8. The van der Waals surface area contributed by atoms with Gasteiger partial charge in [-0.3, -0.25) is 4.98 Å². The van der Waals surface area contributed by atoms with Gasteiger partial charge in [-0.2, -0.15) is 0 Å². The van der Waals surface area contributed by atoms with E-state index in [-0.39, 0.29) is 5.75 Å². The van der Waals surface area contributed by atoms with Gasteiger partial charge in [-0.05, 0) is 32.4 Å². The van der Waals surface area contributed by atoms with Gasteiger partial charge in [0.1, 0.15) is 5.75 Å². The van der Waals surface area contributed by atoms with Crippen LogP contribution in [0.4, 0.5) is 0 Å². The Morgan fingerprint density at radius 3 is 2.83 bits per heavy atom. The molecule has 0 saturated carbocycles. The number of hydrogen-bond donors (Lipinski definition) is 2. The first-order chi connectivity index (χ1) is 8.63. The maximum Gasteiger partial charge on any atom is 0.143 e. The molecule has 0 aliphatic carbocycles. The van der Waals surface area contributed by atoms with Crippen LogP contribution in [0, 0.1) is 0 Å². The molecule has 0 atom stereocenters. The zero-order chi connectivity index (χ0) is 13.1. The monoisotopic (exact) mass is 247 g/mol. The van der Waals surface area contributed by atoms with Gasteiger partial charge in [0.15, 0.2) is 0 Å². The van der Waals surface area contributed by atoms with E-state index in [9.17, 15) is 5.11 Å². The van der Waals surface area contributed by atoms with Gasteiger partial charge in [0, 0.05) is 24.2 Å². The summed E-state index contributed by atoms with van der Waals surface area (Å²) in [7, 11) is 0. The summed E-state index contributed by atoms with van der Waals surface area (Å²) in [5.74, 6) is 0.261. The second kappa shape index (κ2) is 5.40. The van der Waals surface area contributed by atoms with Crippen LogP contribution in [0.15, 0.2) is 18.6 Å². The highest BCUT2D eigenvalue weighted by Gasteiger charge is 2.11. The third-order valence-corrected chi connectivity index (χ3v) is 3.45. The van der Waals surface area contributed by atoms with Crippen molar-refractivity contribution in [3.8, 4) is 5.75 Å². The van der Waals surface area contributed by atoms with Crippen molar-refractivity contribution < 1.29 is 5.11 Å². The molecule has 0 aromatic carbocycles. The average molecular weight is 247 g/mol. The molecule has 2 aromatic rings. The summed E-state index contributed by atoms with van der Waals surface area (Å²) >= 11 is 0. The minimum absolute atomic E-state index is 0.261. The molecular weight excluding hydrogens is 226 g/mol. The lowest BCUT2D eigenvalue weighted by molar-refractivity contribution is 0.237. The number of nitrogens with zero attached hydrogens (tertiary/aromatic N) is 2. The first kappa shape index (κ1) is 12.9. The lowest BCUT2D eigenvalue weighted by Gasteiger charge is -2.24. The van der Waals surface area contributed by atoms with Gasteiger partial charge >= 0.3 is 0 Å². The van der Waals surface area contributed by atoms with Crippen LogP contribution in [0.5, 0.6) is 5.75 Å². The van der Waals surface area contributed by atoms with Crippen LogP contribution in [0.25, 0.3) is 10.9 Å². The number of aromatic nitrogens is 2. The number of nitrogens with one attached hydrogen (secondary N) is 1. The van der Waals surface area contributed by atoms with Crippen molar-refractivity contribution in [2.75, 3.05) is 13.1 Å². The minimum atomic E-state index is 0.261. The van der Waals surface area contributed by atoms with Gasteiger partial charge in [0.25, 0.3) is 0 Å². The first-order valence-electron chi connectivity index (χ1n) is 6.50. The highest BCUT2D eigenvalue weighted by Crippen LogP contribution is 2.26. The zero-order valence-corrected chi connectivity index (χ0v) is 11.3. The number of pyridine rings is 1. The average Bonchev–Trinajstić information content (AvgIpc) is 2.74. The molecule has 0 unspecified atom stereocenters. The minimum Gasteiger partial charge on any atom is -0.506 e. The Labute approximate surface area is 108 Å². The fourth-order valence-electron chi connectivity index (χ4n) is 2.38. The number of fused-ring (bicyclic) bond motifs is 1. The van der Waals surface area contributed by atoms with E-state index in [1.807, 2.05) is 6.20 Å². The summed E-state index contributed by atoms with van der Waals surface area (Å²) in [6, 6.07) is 0.551. The third-order valence-electron chi connectivity index (χ3n) is 3.45. The van der Waals surface area contributed by atoms with Gasteiger partial charge in [0.2, 0.25) is 0 Å². The predicted molar refractivity (Wildman–Crippen MR) is 73.8 cm³/mol. The lowest BCUT2D eigenvalue weighted by atomic mass is 10.1. The molecule has 0 amide bonds. The van der Waals surface area contributed by atoms with E-state index in [1.54, 1.807) is 6.20 Å². The molecule has 2 aromatic heterocycles. The highest BCUT2D eigenvalue weighted by molar-refractivity contribution is 5.88. The number of hydrogen-bond acceptors (Lipinski definition) is 3. The molecule has 0 aliphatic rings. The summed E-state index contributed by atoms with van der Waals surface area (Å²) in [5.41, 5.74) is 2.06. The van der Waals surface area contributed by atoms with Gasteiger partial charge in [-0.25, -0.2) is 0 Å². The van der Waals surface area contributed by atoms with Crippen LogP contribution in [0.3, 0.4) is 0 Å². The van der Waals surface area contributed by atoms with E-state index in [2.05, 4.69) is 35.6 Å². The molecule has 18 heavy (non-hydrogen) atoms. The molecule has 4 nitrogen and oxygen atoms in total. The molecule has 98 valence electrons. The van der Waals surface area contributed by atoms with Crippen molar-refractivity contribution in [3.05, 3.63) is 24.2 Å². The third kappa shape index (κ3) is 2.48. The summed E-state index contributed by atoms with van der Waals surface area (Å²) in [4.78, 5) is 9.55. The zero-order valence-electron chi connectivity index (χ0n) is 11.3. The summed E-state index contributed by atoms with van der Waals surface area (Å²) in [6.45, 7) is 8.65. The van der Waals surface area contributed by atoms with E-state index in [0.717, 1.165) is 36.0 Å². The quantitative estimate of drug-likeness (QED) is 0.853. The number of aromatic amines is 1. The lowest BCUT2D eigenvalue weighted by Crippen LogP contribution is -2.32. The van der Waals surface area contributed by atoms with E-state index in [1.165, 1.54) is 6.20 Å². The van der Waals surface area contributed by atoms with E-state index in [0.29, 0.717) is 6.04 Å². The fraction of sp³-hybridized carbons (Fsp3) is 0.500. The Morgan fingerprint density at radius 1 is 1.39 bits per heavy atom. The van der Waals surface area contributed by atoms with E-state index < -0.39 is 0 Å². The Hall–Kier alpha value is -1.55. The molecule has 2 rings (SSSR count). The molecular formula is C14H21N3O. The molecule has 2 heterocycles. The van der Waals surface area contributed by atoms with Crippen LogP contribution in [-0.4, -0.2) is 39.1 Å². The molecule has 0 bridgehead atoms. The van der Waals surface area contributed by atoms with E-state index >= 15 is 0 Å². The Balaban J connectivity index is 2.17.